The third kappa shape index (κ3) is 2.37. The Morgan fingerprint density at radius 2 is 1.69 bits per heavy atom. The molecule has 1 amide bonds. The van der Waals surface area contributed by atoms with Crippen LogP contribution in [0, 0.1) is 34.5 Å². The summed E-state index contributed by atoms with van der Waals surface area (Å²) in [7, 11) is -0.995. The first-order valence-electron chi connectivity index (χ1n) is 10.4. The highest BCUT2D eigenvalue weighted by atomic mass is 32.2. The van der Waals surface area contributed by atoms with Crippen molar-refractivity contribution in [2.24, 2.45) is 34.5 Å². The average Bonchev–Trinajstić information content (AvgIpc) is 2.91. The van der Waals surface area contributed by atoms with Gasteiger partial charge in [0.05, 0.1) is 5.25 Å². The second-order valence-electron chi connectivity index (χ2n) is 10.5. The molecule has 148 valence electrons. The minimum Gasteiger partial charge on any atom is -0.342 e. The molecule has 0 aromatic heterocycles. The highest BCUT2D eigenvalue weighted by molar-refractivity contribution is 7.91. The molecular weight excluding hydrogens is 346 g/mol. The number of sulfone groups is 1. The van der Waals surface area contributed by atoms with Crippen LogP contribution in [-0.2, 0) is 14.6 Å². The Kier molecular flexibility index (Phi) is 4.12. The summed E-state index contributed by atoms with van der Waals surface area (Å²) in [5.41, 5.74) is 0.146. The van der Waals surface area contributed by atoms with E-state index in [-0.39, 0.29) is 16.1 Å². The standard InChI is InChI=1S/C21H35NO3S/c1-13-12-16-20(2,11-9-18(23)22(16)4)15-8-10-21(3)14(19(13)15)6-7-17(21)26(5,24)25/h13-17,19H,6-12H2,1-5H3/t13?,14-,15+,16?,17?,19-,20+,21-/m0/s1. The van der Waals surface area contributed by atoms with Crippen LogP contribution in [0.5, 0.6) is 0 Å². The number of hydrogen-bond donors (Lipinski definition) is 0. The van der Waals surface area contributed by atoms with Crippen molar-refractivity contribution in [1.29, 1.82) is 0 Å². The first-order valence-corrected chi connectivity index (χ1v) is 12.4. The Labute approximate surface area is 159 Å². The van der Waals surface area contributed by atoms with Crippen molar-refractivity contribution in [3.05, 3.63) is 0 Å². The lowest BCUT2D eigenvalue weighted by Gasteiger charge is -2.63. The number of fused-ring (bicyclic) bond motifs is 5. The van der Waals surface area contributed by atoms with Gasteiger partial charge in [-0.2, -0.15) is 0 Å². The van der Waals surface area contributed by atoms with Crippen LogP contribution in [0.15, 0.2) is 0 Å². The van der Waals surface area contributed by atoms with E-state index in [1.165, 1.54) is 6.26 Å². The zero-order valence-corrected chi connectivity index (χ0v) is 17.8. The van der Waals surface area contributed by atoms with Crippen molar-refractivity contribution < 1.29 is 13.2 Å². The summed E-state index contributed by atoms with van der Waals surface area (Å²) in [5, 5.41) is -0.158. The first kappa shape index (κ1) is 18.8. The summed E-state index contributed by atoms with van der Waals surface area (Å²) < 4.78 is 24.9. The number of carbonyl (C=O) groups is 1. The van der Waals surface area contributed by atoms with Crippen molar-refractivity contribution in [2.75, 3.05) is 13.3 Å². The molecule has 5 heteroatoms. The third-order valence-corrected chi connectivity index (χ3v) is 11.2. The van der Waals surface area contributed by atoms with Gasteiger partial charge in [0.15, 0.2) is 9.84 Å². The molecule has 26 heavy (non-hydrogen) atoms. The van der Waals surface area contributed by atoms with Crippen LogP contribution < -0.4 is 0 Å². The van der Waals surface area contributed by atoms with Crippen LogP contribution in [0.4, 0.5) is 0 Å². The van der Waals surface area contributed by atoms with Crippen LogP contribution in [0.3, 0.4) is 0 Å². The van der Waals surface area contributed by atoms with Gasteiger partial charge in [-0.1, -0.05) is 20.8 Å². The molecule has 4 fully saturated rings. The maximum atomic E-state index is 12.5. The maximum Gasteiger partial charge on any atom is 0.222 e. The lowest BCUT2D eigenvalue weighted by Crippen LogP contribution is -2.63. The molecule has 1 saturated heterocycles. The van der Waals surface area contributed by atoms with Gasteiger partial charge in [0, 0.05) is 25.8 Å². The molecule has 0 radical (unpaired) electrons. The minimum atomic E-state index is -2.99. The van der Waals surface area contributed by atoms with Gasteiger partial charge in [-0.15, -0.1) is 0 Å². The highest BCUT2D eigenvalue weighted by Crippen LogP contribution is 2.66. The second-order valence-corrected chi connectivity index (χ2v) is 12.7. The molecule has 4 nitrogen and oxygen atoms in total. The van der Waals surface area contributed by atoms with Gasteiger partial charge in [0.2, 0.25) is 5.91 Å². The molecule has 0 aromatic carbocycles. The predicted molar refractivity (Wildman–Crippen MR) is 103 cm³/mol. The fourth-order valence-corrected chi connectivity index (χ4v) is 9.95. The lowest BCUT2D eigenvalue weighted by molar-refractivity contribution is -0.164. The largest absolute Gasteiger partial charge is 0.342 e. The Balaban J connectivity index is 1.70. The van der Waals surface area contributed by atoms with Crippen LogP contribution in [0.25, 0.3) is 0 Å². The monoisotopic (exact) mass is 381 g/mol. The summed E-state index contributed by atoms with van der Waals surface area (Å²) in [4.78, 5) is 14.3. The number of hydrogen-bond acceptors (Lipinski definition) is 3. The van der Waals surface area contributed by atoms with E-state index in [9.17, 15) is 13.2 Å². The number of likely N-dealkylation sites (tertiary alicyclic amines) is 1. The second kappa shape index (κ2) is 5.71. The summed E-state index contributed by atoms with van der Waals surface area (Å²) in [6.45, 7) is 7.06. The normalized spacial score (nSPS) is 51.6. The van der Waals surface area contributed by atoms with E-state index in [1.54, 1.807) is 0 Å². The quantitative estimate of drug-likeness (QED) is 0.698. The Morgan fingerprint density at radius 1 is 1.04 bits per heavy atom. The fourth-order valence-electron chi connectivity index (χ4n) is 8.12. The van der Waals surface area contributed by atoms with Gasteiger partial charge >= 0.3 is 0 Å². The topological polar surface area (TPSA) is 54.5 Å². The van der Waals surface area contributed by atoms with Crippen molar-refractivity contribution in [3.63, 3.8) is 0 Å². The highest BCUT2D eigenvalue weighted by Gasteiger charge is 2.64. The smallest absolute Gasteiger partial charge is 0.222 e. The third-order valence-electron chi connectivity index (χ3n) is 9.36. The Hall–Kier alpha value is -0.580. The van der Waals surface area contributed by atoms with Gasteiger partial charge in [-0.3, -0.25) is 4.79 Å². The fraction of sp³-hybridized carbons (Fsp3) is 0.952. The molecular formula is C21H35NO3S. The molecule has 1 heterocycles. The summed E-state index contributed by atoms with van der Waals surface area (Å²) in [5.74, 6) is 2.63. The first-order chi connectivity index (χ1) is 12.0. The van der Waals surface area contributed by atoms with E-state index in [0.717, 1.165) is 38.5 Å². The summed E-state index contributed by atoms with van der Waals surface area (Å²) in [6.07, 6.45) is 8.27. The van der Waals surface area contributed by atoms with Gasteiger partial charge < -0.3 is 4.90 Å². The Bertz CT molecular complexity index is 719. The molecule has 3 saturated carbocycles. The zero-order valence-electron chi connectivity index (χ0n) is 17.0. The molecule has 0 aromatic rings. The maximum absolute atomic E-state index is 12.5. The van der Waals surface area contributed by atoms with E-state index in [1.807, 2.05) is 11.9 Å². The number of nitrogens with zero attached hydrogens (tertiary/aromatic N) is 1. The molecule has 0 N–H and O–H groups in total. The van der Waals surface area contributed by atoms with Crippen LogP contribution in [0.1, 0.15) is 65.7 Å². The van der Waals surface area contributed by atoms with Crippen LogP contribution in [0.2, 0.25) is 0 Å². The van der Waals surface area contributed by atoms with Crippen molar-refractivity contribution in [3.8, 4) is 0 Å². The zero-order chi connectivity index (χ0) is 19.1. The predicted octanol–water partition coefficient (Wildman–Crippen LogP) is 3.51. The average molecular weight is 382 g/mol. The molecule has 4 rings (SSSR count). The van der Waals surface area contributed by atoms with E-state index in [2.05, 4.69) is 20.8 Å². The number of carbonyl (C=O) groups excluding carboxylic acids is 1. The van der Waals surface area contributed by atoms with E-state index in [0.29, 0.717) is 42.0 Å². The van der Waals surface area contributed by atoms with Gasteiger partial charge in [-0.25, -0.2) is 8.42 Å². The lowest BCUT2D eigenvalue weighted by atomic mass is 9.45. The van der Waals surface area contributed by atoms with Gasteiger partial charge in [-0.05, 0) is 73.0 Å². The van der Waals surface area contributed by atoms with E-state index >= 15 is 0 Å². The molecule has 0 bridgehead atoms. The molecule has 4 aliphatic rings. The molecule has 3 aliphatic carbocycles. The van der Waals surface area contributed by atoms with Crippen molar-refractivity contribution in [2.45, 2.75) is 77.0 Å². The van der Waals surface area contributed by atoms with E-state index in [4.69, 9.17) is 0 Å². The van der Waals surface area contributed by atoms with Crippen molar-refractivity contribution in [1.82, 2.24) is 4.90 Å². The molecule has 3 unspecified atom stereocenters. The van der Waals surface area contributed by atoms with E-state index < -0.39 is 9.84 Å². The Morgan fingerprint density at radius 3 is 2.35 bits per heavy atom. The number of piperidine rings is 1. The van der Waals surface area contributed by atoms with Crippen LogP contribution >= 0.6 is 0 Å². The number of amides is 1. The summed E-state index contributed by atoms with van der Waals surface area (Å²) in [6, 6.07) is 0.358. The van der Waals surface area contributed by atoms with Gasteiger partial charge in [0.1, 0.15) is 0 Å². The molecule has 0 spiro atoms. The van der Waals surface area contributed by atoms with Crippen LogP contribution in [-0.4, -0.2) is 43.8 Å². The molecule has 1 aliphatic heterocycles. The number of rotatable bonds is 1. The van der Waals surface area contributed by atoms with Crippen molar-refractivity contribution >= 4 is 15.7 Å². The van der Waals surface area contributed by atoms with Gasteiger partial charge in [0.25, 0.3) is 0 Å². The SMILES string of the molecule is CC1CC2N(C)C(=O)CC[C@]2(C)[C@@H]2CC[C@]3(C)C(S(C)(=O)=O)CC[C@H]3[C@H]12. The summed E-state index contributed by atoms with van der Waals surface area (Å²) >= 11 is 0. The molecule has 8 atom stereocenters. The minimum absolute atomic E-state index is 0.0530.